The Morgan fingerprint density at radius 2 is 1.91 bits per heavy atom. The molecule has 11 heavy (non-hydrogen) atoms. The average molecular weight is 180 g/mol. The molecule has 0 rings (SSSR count). The quantitative estimate of drug-likeness (QED) is 0.489. The molecule has 0 saturated heterocycles. The topological polar surface area (TPSA) is 26.3 Å². The smallest absolute Gasteiger partial charge is 0.0474 e. The molecule has 0 spiro atoms. The molecule has 0 N–H and O–H groups in total. The molecule has 0 aliphatic heterocycles. The fourth-order valence-corrected chi connectivity index (χ4v) is 1.68. The number of rotatable bonds is 6. The summed E-state index contributed by atoms with van der Waals surface area (Å²) in [7, 11) is -1.79. The van der Waals surface area contributed by atoms with Gasteiger partial charge in [-0.25, -0.2) is 0 Å². The minimum Gasteiger partial charge on any atom is -0.381 e. The molecule has 0 aromatic carbocycles. The molecule has 0 bridgehead atoms. The Labute approximate surface area is 70.7 Å². The van der Waals surface area contributed by atoms with E-state index >= 15 is 0 Å². The van der Waals surface area contributed by atoms with Gasteiger partial charge in [0.15, 0.2) is 0 Å². The van der Waals surface area contributed by atoms with Gasteiger partial charge >= 0.3 is 0 Å². The summed E-state index contributed by atoms with van der Waals surface area (Å²) in [6.07, 6.45) is 5.65. The summed E-state index contributed by atoms with van der Waals surface area (Å²) in [6, 6.07) is 0. The first kappa shape index (κ1) is 11.1. The molecule has 70 valence electrons. The number of ether oxygens (including phenoxy) is 1. The molecule has 0 unspecified atom stereocenters. The first-order chi connectivity index (χ1) is 5.06. The van der Waals surface area contributed by atoms with Crippen molar-refractivity contribution in [2.24, 2.45) is 0 Å². The summed E-state index contributed by atoms with van der Waals surface area (Å²) >= 11 is 0. The van der Waals surface area contributed by atoms with Crippen molar-refractivity contribution in [1.82, 2.24) is 0 Å². The Balaban J connectivity index is 3.09. The zero-order chi connectivity index (χ0) is 8.74. The third kappa shape index (κ3) is 10.1. The van der Waals surface area contributed by atoms with E-state index in [2.05, 4.69) is 6.92 Å². The lowest BCUT2D eigenvalue weighted by molar-refractivity contribution is 0.136. The molecule has 3 heteroatoms. The van der Waals surface area contributed by atoms with Crippen LogP contribution >= 0.6 is 0 Å². The van der Waals surface area contributed by atoms with Crippen LogP contribution in [0, 0.1) is 0 Å². The SMILES string of the molecule is CCCOCCC[SH](C)(C)=O. The van der Waals surface area contributed by atoms with Gasteiger partial charge in [0, 0.05) is 19.0 Å². The minimum atomic E-state index is -1.79. The van der Waals surface area contributed by atoms with Crippen molar-refractivity contribution < 1.29 is 8.95 Å². The Bertz CT molecular complexity index is 128. The second-order valence-electron chi connectivity index (χ2n) is 3.26. The van der Waals surface area contributed by atoms with Crippen molar-refractivity contribution in [3.63, 3.8) is 0 Å². The van der Waals surface area contributed by atoms with Gasteiger partial charge in [0.25, 0.3) is 0 Å². The molecule has 0 aromatic heterocycles. The largest absolute Gasteiger partial charge is 0.381 e. The van der Waals surface area contributed by atoms with Gasteiger partial charge in [0.05, 0.1) is 0 Å². The lowest BCUT2D eigenvalue weighted by Gasteiger charge is -2.10. The summed E-state index contributed by atoms with van der Waals surface area (Å²) in [5.74, 6) is 0.816. The van der Waals surface area contributed by atoms with Crippen molar-refractivity contribution in [2.75, 3.05) is 31.5 Å². The number of hydrogen-bond donors (Lipinski definition) is 1. The van der Waals surface area contributed by atoms with Crippen molar-refractivity contribution in [1.29, 1.82) is 0 Å². The van der Waals surface area contributed by atoms with Gasteiger partial charge in [-0.05, 0) is 25.4 Å². The van der Waals surface area contributed by atoms with Gasteiger partial charge in [-0.15, -0.1) is 9.93 Å². The fraction of sp³-hybridized carbons (Fsp3) is 1.00. The van der Waals surface area contributed by atoms with E-state index in [4.69, 9.17) is 4.74 Å². The van der Waals surface area contributed by atoms with E-state index < -0.39 is 9.93 Å². The van der Waals surface area contributed by atoms with Crippen LogP contribution in [0.1, 0.15) is 19.8 Å². The Morgan fingerprint density at radius 1 is 1.27 bits per heavy atom. The minimum absolute atomic E-state index is 0.763. The monoisotopic (exact) mass is 180 g/mol. The fourth-order valence-electron chi connectivity index (χ4n) is 0.794. The maximum atomic E-state index is 11.2. The summed E-state index contributed by atoms with van der Waals surface area (Å²) in [6.45, 7) is 3.68. The van der Waals surface area contributed by atoms with Crippen LogP contribution in [0.25, 0.3) is 0 Å². The molecular weight excluding hydrogens is 160 g/mol. The summed E-state index contributed by atoms with van der Waals surface area (Å²) in [5.41, 5.74) is 0. The summed E-state index contributed by atoms with van der Waals surface area (Å²) < 4.78 is 16.4. The summed E-state index contributed by atoms with van der Waals surface area (Å²) in [5, 5.41) is 0. The van der Waals surface area contributed by atoms with Crippen LogP contribution in [0.15, 0.2) is 0 Å². The molecule has 0 radical (unpaired) electrons. The van der Waals surface area contributed by atoms with Crippen LogP contribution in [0.2, 0.25) is 0 Å². The van der Waals surface area contributed by atoms with Crippen LogP contribution in [0.3, 0.4) is 0 Å². The standard InChI is InChI=1S/C8H20O2S/c1-4-6-10-7-5-8-11(2,3)9/h11H,4-8H2,1-3H3. The molecule has 0 fully saturated rings. The van der Waals surface area contributed by atoms with E-state index in [-0.39, 0.29) is 0 Å². The predicted octanol–water partition coefficient (Wildman–Crippen LogP) is 1.08. The van der Waals surface area contributed by atoms with Crippen molar-refractivity contribution in [3.8, 4) is 0 Å². The zero-order valence-electron chi connectivity index (χ0n) is 7.80. The van der Waals surface area contributed by atoms with Gasteiger partial charge in [-0.2, -0.15) is 0 Å². The van der Waals surface area contributed by atoms with Gasteiger partial charge in [0.2, 0.25) is 0 Å². The maximum absolute atomic E-state index is 11.2. The third-order valence-corrected chi connectivity index (χ3v) is 2.73. The molecule has 0 atom stereocenters. The lowest BCUT2D eigenvalue weighted by atomic mass is 10.5. The van der Waals surface area contributed by atoms with E-state index in [1.165, 1.54) is 0 Å². The van der Waals surface area contributed by atoms with E-state index in [1.54, 1.807) is 0 Å². The van der Waals surface area contributed by atoms with E-state index in [0.717, 1.165) is 31.8 Å². The molecule has 0 aliphatic carbocycles. The van der Waals surface area contributed by atoms with E-state index in [9.17, 15) is 4.21 Å². The highest BCUT2D eigenvalue weighted by atomic mass is 32.2. The summed E-state index contributed by atoms with van der Waals surface area (Å²) in [4.78, 5) is 0. The number of hydrogen-bond acceptors (Lipinski definition) is 2. The molecule has 0 aromatic rings. The van der Waals surface area contributed by atoms with Crippen LogP contribution in [0.5, 0.6) is 0 Å². The lowest BCUT2D eigenvalue weighted by Crippen LogP contribution is -2.13. The van der Waals surface area contributed by atoms with Crippen LogP contribution in [0.4, 0.5) is 0 Å². The molecule has 2 nitrogen and oxygen atoms in total. The second kappa shape index (κ2) is 5.72. The van der Waals surface area contributed by atoms with Gasteiger partial charge in [-0.3, -0.25) is 4.21 Å². The first-order valence-corrected chi connectivity index (χ1v) is 6.96. The molecule has 0 saturated carbocycles. The Hall–Kier alpha value is 0.110. The molecule has 0 heterocycles. The molecular formula is C8H20O2S. The van der Waals surface area contributed by atoms with Gasteiger partial charge in [0.1, 0.15) is 0 Å². The highest BCUT2D eigenvalue weighted by Crippen LogP contribution is 1.96. The Kier molecular flexibility index (Phi) is 5.78. The second-order valence-corrected chi connectivity index (χ2v) is 6.86. The zero-order valence-corrected chi connectivity index (χ0v) is 8.69. The van der Waals surface area contributed by atoms with Crippen molar-refractivity contribution >= 4 is 9.93 Å². The molecule has 0 aliphatic rings. The van der Waals surface area contributed by atoms with Crippen molar-refractivity contribution in [2.45, 2.75) is 19.8 Å². The average Bonchev–Trinajstić information content (AvgIpc) is 1.85. The molecule has 0 amide bonds. The van der Waals surface area contributed by atoms with Gasteiger partial charge in [-0.1, -0.05) is 6.92 Å². The Morgan fingerprint density at radius 3 is 2.36 bits per heavy atom. The van der Waals surface area contributed by atoms with Crippen molar-refractivity contribution in [3.05, 3.63) is 0 Å². The van der Waals surface area contributed by atoms with E-state index in [1.807, 2.05) is 12.5 Å². The van der Waals surface area contributed by atoms with Gasteiger partial charge < -0.3 is 4.74 Å². The highest BCUT2D eigenvalue weighted by molar-refractivity contribution is 8.01. The third-order valence-electron chi connectivity index (χ3n) is 1.33. The normalized spacial score (nSPS) is 13.4. The maximum Gasteiger partial charge on any atom is 0.0474 e. The van der Waals surface area contributed by atoms with Crippen LogP contribution in [-0.2, 0) is 14.7 Å². The van der Waals surface area contributed by atoms with E-state index in [0.29, 0.717) is 0 Å². The highest BCUT2D eigenvalue weighted by Gasteiger charge is 1.98. The van der Waals surface area contributed by atoms with Crippen LogP contribution < -0.4 is 0 Å². The predicted molar refractivity (Wildman–Crippen MR) is 52.0 cm³/mol. The number of thiol groups is 1. The van der Waals surface area contributed by atoms with Crippen LogP contribution in [-0.4, -0.2) is 35.7 Å². The first-order valence-electron chi connectivity index (χ1n) is 4.18.